The molecule has 2 N–H and O–H groups in total. The zero-order chi connectivity index (χ0) is 14.3. The van der Waals surface area contributed by atoms with Gasteiger partial charge in [-0.05, 0) is 6.07 Å². The first-order chi connectivity index (χ1) is 9.61. The van der Waals surface area contributed by atoms with Crippen LogP contribution in [-0.4, -0.2) is 17.3 Å². The minimum atomic E-state index is -1.29. The third-order valence-electron chi connectivity index (χ3n) is 3.45. The van der Waals surface area contributed by atoms with Crippen LogP contribution in [0.3, 0.4) is 0 Å². The van der Waals surface area contributed by atoms with Crippen LogP contribution in [-0.2, 0) is 0 Å². The van der Waals surface area contributed by atoms with E-state index in [1.54, 1.807) is 42.5 Å². The number of carbonyl (C=O) groups is 3. The van der Waals surface area contributed by atoms with Crippen LogP contribution in [0.15, 0.2) is 48.5 Å². The second-order valence-electron chi connectivity index (χ2n) is 4.66. The number of fused-ring (bicyclic) bond motifs is 1. The molecule has 1 atom stereocenters. The van der Waals surface area contributed by atoms with Crippen molar-refractivity contribution in [3.63, 3.8) is 0 Å². The Hall–Kier alpha value is -2.75. The van der Waals surface area contributed by atoms with Crippen molar-refractivity contribution in [2.45, 2.75) is 0 Å². The minimum Gasteiger partial charge on any atom is -0.398 e. The maximum absolute atomic E-state index is 12.4. The lowest BCUT2D eigenvalue weighted by Crippen LogP contribution is -2.25. The van der Waals surface area contributed by atoms with Crippen molar-refractivity contribution in [1.82, 2.24) is 0 Å². The summed E-state index contributed by atoms with van der Waals surface area (Å²) in [6.07, 6.45) is 0. The summed E-state index contributed by atoms with van der Waals surface area (Å²) in [7, 11) is 0. The summed E-state index contributed by atoms with van der Waals surface area (Å²) in [4.78, 5) is 37.0. The van der Waals surface area contributed by atoms with Crippen LogP contribution >= 0.6 is 0 Å². The quantitative estimate of drug-likeness (QED) is 0.512. The van der Waals surface area contributed by atoms with Gasteiger partial charge in [-0.15, -0.1) is 0 Å². The molecule has 2 aromatic rings. The molecule has 0 bridgehead atoms. The lowest BCUT2D eigenvalue weighted by molar-refractivity contribution is 0.0757. The SMILES string of the molecule is Nc1cccc2c1C(=O)C(C(=O)c1ccccc1)C2=O. The Balaban J connectivity index is 2.07. The molecule has 0 saturated carbocycles. The monoisotopic (exact) mass is 265 g/mol. The topological polar surface area (TPSA) is 77.2 Å². The third kappa shape index (κ3) is 1.66. The van der Waals surface area contributed by atoms with Crippen LogP contribution in [0.1, 0.15) is 31.1 Å². The van der Waals surface area contributed by atoms with E-state index >= 15 is 0 Å². The minimum absolute atomic E-state index is 0.173. The molecule has 0 aromatic heterocycles. The first-order valence-corrected chi connectivity index (χ1v) is 6.17. The van der Waals surface area contributed by atoms with E-state index in [4.69, 9.17) is 5.73 Å². The van der Waals surface area contributed by atoms with Crippen LogP contribution in [0.5, 0.6) is 0 Å². The maximum atomic E-state index is 12.4. The molecule has 0 fully saturated rings. The first-order valence-electron chi connectivity index (χ1n) is 6.17. The second kappa shape index (κ2) is 4.42. The molecule has 1 unspecified atom stereocenters. The van der Waals surface area contributed by atoms with Crippen molar-refractivity contribution >= 4 is 23.0 Å². The van der Waals surface area contributed by atoms with Crippen LogP contribution < -0.4 is 5.73 Å². The number of nitrogens with two attached hydrogens (primary N) is 1. The molecule has 0 aliphatic heterocycles. The van der Waals surface area contributed by atoms with Gasteiger partial charge in [0.2, 0.25) is 0 Å². The molecule has 1 aliphatic rings. The van der Waals surface area contributed by atoms with Crippen LogP contribution in [0.25, 0.3) is 0 Å². The predicted octanol–water partition coefficient (Wildman–Crippen LogP) is 2.15. The number of anilines is 1. The van der Waals surface area contributed by atoms with Gasteiger partial charge in [0, 0.05) is 16.8 Å². The highest BCUT2D eigenvalue weighted by molar-refractivity contribution is 6.39. The average molecular weight is 265 g/mol. The van der Waals surface area contributed by atoms with E-state index in [0.717, 1.165) is 0 Å². The standard InChI is InChI=1S/C16H11NO3/c17-11-8-4-7-10-12(11)16(20)13(15(10)19)14(18)9-5-2-1-3-6-9/h1-8,13H,17H2. The van der Waals surface area contributed by atoms with Crippen molar-refractivity contribution in [3.05, 3.63) is 65.2 Å². The van der Waals surface area contributed by atoms with E-state index in [2.05, 4.69) is 0 Å². The fourth-order valence-electron chi connectivity index (χ4n) is 2.48. The lowest BCUT2D eigenvalue weighted by Gasteiger charge is -2.05. The van der Waals surface area contributed by atoms with Gasteiger partial charge in [0.1, 0.15) is 5.92 Å². The summed E-state index contributed by atoms with van der Waals surface area (Å²) < 4.78 is 0. The van der Waals surface area contributed by atoms with Crippen molar-refractivity contribution < 1.29 is 14.4 Å². The number of nitrogen functional groups attached to an aromatic ring is 1. The van der Waals surface area contributed by atoms with E-state index in [9.17, 15) is 14.4 Å². The number of hydrogen-bond donors (Lipinski definition) is 1. The number of benzene rings is 2. The van der Waals surface area contributed by atoms with Gasteiger partial charge in [-0.2, -0.15) is 0 Å². The number of hydrogen-bond acceptors (Lipinski definition) is 4. The summed E-state index contributed by atoms with van der Waals surface area (Å²) in [6, 6.07) is 13.0. The van der Waals surface area contributed by atoms with E-state index < -0.39 is 23.3 Å². The van der Waals surface area contributed by atoms with Crippen molar-refractivity contribution in [2.24, 2.45) is 5.92 Å². The van der Waals surface area contributed by atoms with Crippen molar-refractivity contribution in [3.8, 4) is 0 Å². The van der Waals surface area contributed by atoms with Crippen LogP contribution in [0.2, 0.25) is 0 Å². The smallest absolute Gasteiger partial charge is 0.184 e. The molecule has 0 saturated heterocycles. The first kappa shape index (κ1) is 12.3. The molecule has 4 heteroatoms. The van der Waals surface area contributed by atoms with Gasteiger partial charge in [-0.3, -0.25) is 14.4 Å². The van der Waals surface area contributed by atoms with Gasteiger partial charge in [0.05, 0.1) is 5.56 Å². The molecule has 2 aromatic carbocycles. The molecule has 0 spiro atoms. The number of rotatable bonds is 2. The van der Waals surface area contributed by atoms with Crippen LogP contribution in [0.4, 0.5) is 5.69 Å². The Labute approximate surface area is 115 Å². The van der Waals surface area contributed by atoms with Gasteiger partial charge in [-0.1, -0.05) is 42.5 Å². The molecule has 1 aliphatic carbocycles. The van der Waals surface area contributed by atoms with Gasteiger partial charge in [0.25, 0.3) is 0 Å². The molecule has 0 heterocycles. The summed E-state index contributed by atoms with van der Waals surface area (Å²) in [5.74, 6) is -2.74. The highest BCUT2D eigenvalue weighted by atomic mass is 16.2. The van der Waals surface area contributed by atoms with Gasteiger partial charge < -0.3 is 5.73 Å². The van der Waals surface area contributed by atoms with Crippen LogP contribution in [0, 0.1) is 5.92 Å². The maximum Gasteiger partial charge on any atom is 0.184 e. The number of carbonyl (C=O) groups excluding carboxylic acids is 3. The molecule has 3 rings (SSSR count). The van der Waals surface area contributed by atoms with E-state index in [1.165, 1.54) is 6.07 Å². The molecular formula is C16H11NO3. The van der Waals surface area contributed by atoms with E-state index in [0.29, 0.717) is 5.56 Å². The normalized spacial score (nSPS) is 17.1. The van der Waals surface area contributed by atoms with Crippen molar-refractivity contribution in [2.75, 3.05) is 5.73 Å². The molecule has 20 heavy (non-hydrogen) atoms. The van der Waals surface area contributed by atoms with Gasteiger partial charge >= 0.3 is 0 Å². The zero-order valence-electron chi connectivity index (χ0n) is 10.5. The average Bonchev–Trinajstić information content (AvgIpc) is 2.72. The molecular weight excluding hydrogens is 254 g/mol. The highest BCUT2D eigenvalue weighted by Gasteiger charge is 2.44. The predicted molar refractivity (Wildman–Crippen MR) is 73.8 cm³/mol. The summed E-state index contributed by atoms with van der Waals surface area (Å²) in [5, 5.41) is 0. The zero-order valence-corrected chi connectivity index (χ0v) is 10.5. The van der Waals surface area contributed by atoms with Crippen molar-refractivity contribution in [1.29, 1.82) is 0 Å². The Morgan fingerprint density at radius 3 is 2.25 bits per heavy atom. The Morgan fingerprint density at radius 2 is 1.60 bits per heavy atom. The number of ketones is 3. The Bertz CT molecular complexity index is 735. The third-order valence-corrected chi connectivity index (χ3v) is 3.45. The lowest BCUT2D eigenvalue weighted by atomic mass is 9.93. The second-order valence-corrected chi connectivity index (χ2v) is 4.66. The Morgan fingerprint density at radius 1 is 0.900 bits per heavy atom. The highest BCUT2D eigenvalue weighted by Crippen LogP contribution is 2.32. The van der Waals surface area contributed by atoms with E-state index in [1.807, 2.05) is 0 Å². The fourth-order valence-corrected chi connectivity index (χ4v) is 2.48. The summed E-state index contributed by atoms with van der Waals surface area (Å²) >= 11 is 0. The molecule has 98 valence electrons. The number of Topliss-reactive ketones (excluding diaryl/α,β-unsaturated/α-hetero) is 3. The fraction of sp³-hybridized carbons (Fsp3) is 0.0625. The summed E-state index contributed by atoms with van der Waals surface area (Å²) in [6.45, 7) is 0. The molecule has 0 amide bonds. The van der Waals surface area contributed by atoms with Gasteiger partial charge in [-0.25, -0.2) is 0 Å². The molecule has 4 nitrogen and oxygen atoms in total. The summed E-state index contributed by atoms with van der Waals surface area (Å²) in [5.41, 5.74) is 6.75. The Kier molecular flexibility index (Phi) is 2.71. The van der Waals surface area contributed by atoms with E-state index in [-0.39, 0.29) is 16.8 Å². The largest absolute Gasteiger partial charge is 0.398 e. The molecule has 0 radical (unpaired) electrons. The van der Waals surface area contributed by atoms with Gasteiger partial charge in [0.15, 0.2) is 17.3 Å².